The standard InChI is InChI=1S/C26H22FN3O6/c27-17-9-11-20(12-10-17)36-21-15-18(14-19(16-21)30(34)35)28-24(31)8-2-1-5-13-29-25(32)22-6-3-4-7-23(22)26(29)33/h3-4,6-7,9-12,14-16H,1-2,5,8,13H2,(H,28,31). The van der Waals surface area contributed by atoms with Crippen molar-refractivity contribution in [2.75, 3.05) is 11.9 Å². The lowest BCUT2D eigenvalue weighted by molar-refractivity contribution is -0.384. The van der Waals surface area contributed by atoms with E-state index in [0.717, 1.165) is 0 Å². The van der Waals surface area contributed by atoms with Crippen LogP contribution in [0.1, 0.15) is 46.4 Å². The number of nitrogens with one attached hydrogen (secondary N) is 1. The molecule has 9 nitrogen and oxygen atoms in total. The minimum absolute atomic E-state index is 0.118. The number of halogens is 1. The molecule has 36 heavy (non-hydrogen) atoms. The molecule has 0 spiro atoms. The minimum Gasteiger partial charge on any atom is -0.457 e. The van der Waals surface area contributed by atoms with Crippen LogP contribution < -0.4 is 10.1 Å². The molecule has 1 aliphatic heterocycles. The predicted octanol–water partition coefficient (Wildman–Crippen LogP) is 5.32. The first-order chi connectivity index (χ1) is 17.3. The van der Waals surface area contributed by atoms with Gasteiger partial charge in [-0.15, -0.1) is 0 Å². The number of imide groups is 1. The summed E-state index contributed by atoms with van der Waals surface area (Å²) in [6.45, 7) is 0.267. The van der Waals surface area contributed by atoms with Crippen LogP contribution in [0.5, 0.6) is 11.5 Å². The summed E-state index contributed by atoms with van der Waals surface area (Å²) in [5.41, 5.74) is 0.728. The van der Waals surface area contributed by atoms with Crippen molar-refractivity contribution in [1.29, 1.82) is 0 Å². The molecular weight excluding hydrogens is 469 g/mol. The van der Waals surface area contributed by atoms with Crippen LogP contribution in [0.2, 0.25) is 0 Å². The Morgan fingerprint density at radius 3 is 2.22 bits per heavy atom. The van der Waals surface area contributed by atoms with E-state index in [-0.39, 0.29) is 53.6 Å². The number of hydrogen-bond acceptors (Lipinski definition) is 6. The highest BCUT2D eigenvalue weighted by Gasteiger charge is 2.34. The molecule has 3 amide bonds. The van der Waals surface area contributed by atoms with Crippen molar-refractivity contribution in [2.45, 2.75) is 25.7 Å². The van der Waals surface area contributed by atoms with Gasteiger partial charge in [0.15, 0.2) is 0 Å². The number of non-ortho nitro benzene ring substituents is 1. The third-order valence-electron chi connectivity index (χ3n) is 5.60. The molecular formula is C26H22FN3O6. The molecule has 0 aliphatic carbocycles. The van der Waals surface area contributed by atoms with Crippen LogP contribution in [0.4, 0.5) is 15.8 Å². The van der Waals surface area contributed by atoms with E-state index in [2.05, 4.69) is 5.32 Å². The molecule has 0 fully saturated rings. The summed E-state index contributed by atoms with van der Waals surface area (Å²) in [6.07, 6.45) is 1.81. The largest absolute Gasteiger partial charge is 0.457 e. The Hall–Kier alpha value is -4.60. The van der Waals surface area contributed by atoms with Crippen molar-refractivity contribution in [3.8, 4) is 11.5 Å². The van der Waals surface area contributed by atoms with Gasteiger partial charge in [0, 0.05) is 25.1 Å². The maximum Gasteiger partial charge on any atom is 0.275 e. The number of hydrogen-bond donors (Lipinski definition) is 1. The van der Waals surface area contributed by atoms with Crippen LogP contribution in [0, 0.1) is 15.9 Å². The van der Waals surface area contributed by atoms with Gasteiger partial charge in [-0.05, 0) is 49.2 Å². The minimum atomic E-state index is -0.605. The van der Waals surface area contributed by atoms with Gasteiger partial charge in [-0.25, -0.2) is 4.39 Å². The zero-order valence-corrected chi connectivity index (χ0v) is 19.1. The lowest BCUT2D eigenvalue weighted by Gasteiger charge is -2.13. The third kappa shape index (κ3) is 5.72. The van der Waals surface area contributed by atoms with Gasteiger partial charge in [0.25, 0.3) is 17.5 Å². The van der Waals surface area contributed by atoms with E-state index in [4.69, 9.17) is 4.74 Å². The molecule has 4 rings (SSSR count). The Kier molecular flexibility index (Phi) is 7.33. The first-order valence-electron chi connectivity index (χ1n) is 11.3. The first-order valence-corrected chi connectivity index (χ1v) is 11.3. The maximum absolute atomic E-state index is 13.1. The summed E-state index contributed by atoms with van der Waals surface area (Å²) in [4.78, 5) is 49.1. The normalized spacial score (nSPS) is 12.4. The Balaban J connectivity index is 1.27. The fraction of sp³-hybridized carbons (Fsp3) is 0.192. The van der Waals surface area contributed by atoms with E-state index in [0.29, 0.717) is 30.4 Å². The van der Waals surface area contributed by atoms with Crippen molar-refractivity contribution in [1.82, 2.24) is 4.90 Å². The average molecular weight is 491 g/mol. The van der Waals surface area contributed by atoms with Gasteiger partial charge in [0.05, 0.1) is 27.8 Å². The summed E-state index contributed by atoms with van der Waals surface area (Å²) in [5, 5.41) is 13.9. The number of nitro benzene ring substituents is 1. The molecule has 0 saturated heterocycles. The smallest absolute Gasteiger partial charge is 0.275 e. The second-order valence-corrected chi connectivity index (χ2v) is 8.20. The van der Waals surface area contributed by atoms with Crippen molar-refractivity contribution in [3.63, 3.8) is 0 Å². The molecule has 1 N–H and O–H groups in total. The summed E-state index contributed by atoms with van der Waals surface area (Å²) in [5.74, 6) is -1.00. The highest BCUT2D eigenvalue weighted by Crippen LogP contribution is 2.30. The number of carbonyl (C=O) groups excluding carboxylic acids is 3. The lowest BCUT2D eigenvalue weighted by atomic mass is 10.1. The second-order valence-electron chi connectivity index (χ2n) is 8.20. The molecule has 1 heterocycles. The van der Waals surface area contributed by atoms with E-state index >= 15 is 0 Å². The Bertz CT molecular complexity index is 1290. The third-order valence-corrected chi connectivity index (χ3v) is 5.60. The SMILES string of the molecule is O=C(CCCCCN1C(=O)c2ccccc2C1=O)Nc1cc(Oc2ccc(F)cc2)cc([N+](=O)[O-])c1. The van der Waals surface area contributed by atoms with E-state index in [1.807, 2.05) is 0 Å². The van der Waals surface area contributed by atoms with Crippen LogP contribution >= 0.6 is 0 Å². The van der Waals surface area contributed by atoms with Crippen molar-refractivity contribution in [2.24, 2.45) is 0 Å². The molecule has 0 radical (unpaired) electrons. The number of benzene rings is 3. The van der Waals surface area contributed by atoms with Gasteiger partial charge in [-0.1, -0.05) is 18.6 Å². The van der Waals surface area contributed by atoms with E-state index < -0.39 is 10.7 Å². The van der Waals surface area contributed by atoms with E-state index in [9.17, 15) is 28.9 Å². The monoisotopic (exact) mass is 491 g/mol. The highest BCUT2D eigenvalue weighted by molar-refractivity contribution is 6.21. The molecule has 0 atom stereocenters. The number of ether oxygens (including phenoxy) is 1. The van der Waals surface area contributed by atoms with Gasteiger partial charge < -0.3 is 10.1 Å². The van der Waals surface area contributed by atoms with Crippen LogP contribution in [0.25, 0.3) is 0 Å². The van der Waals surface area contributed by atoms with Crippen LogP contribution in [0.15, 0.2) is 66.7 Å². The number of carbonyl (C=O) groups is 3. The molecule has 3 aromatic carbocycles. The van der Waals surface area contributed by atoms with Crippen molar-refractivity contribution < 1.29 is 28.4 Å². The predicted molar refractivity (Wildman–Crippen MR) is 128 cm³/mol. The number of nitrogens with zero attached hydrogens (tertiary/aromatic N) is 2. The average Bonchev–Trinajstić information content (AvgIpc) is 3.10. The van der Waals surface area contributed by atoms with Gasteiger partial charge in [0.2, 0.25) is 5.91 Å². The fourth-order valence-electron chi connectivity index (χ4n) is 3.86. The summed E-state index contributed by atoms with van der Waals surface area (Å²) in [7, 11) is 0. The maximum atomic E-state index is 13.1. The zero-order valence-electron chi connectivity index (χ0n) is 19.1. The Morgan fingerprint density at radius 1 is 0.917 bits per heavy atom. The van der Waals surface area contributed by atoms with Crippen LogP contribution in [-0.2, 0) is 4.79 Å². The number of rotatable bonds is 10. The van der Waals surface area contributed by atoms with Crippen molar-refractivity contribution >= 4 is 29.1 Å². The molecule has 1 aliphatic rings. The number of unbranched alkanes of at least 4 members (excludes halogenated alkanes) is 2. The second kappa shape index (κ2) is 10.8. The molecule has 3 aromatic rings. The van der Waals surface area contributed by atoms with Gasteiger partial charge >= 0.3 is 0 Å². The molecule has 10 heteroatoms. The molecule has 184 valence electrons. The van der Waals surface area contributed by atoms with Crippen LogP contribution in [0.3, 0.4) is 0 Å². The number of fused-ring (bicyclic) bond motifs is 1. The van der Waals surface area contributed by atoms with Crippen molar-refractivity contribution in [3.05, 3.63) is 93.8 Å². The first kappa shape index (κ1) is 24.5. The Labute approximate surface area is 205 Å². The summed E-state index contributed by atoms with van der Waals surface area (Å²) >= 11 is 0. The van der Waals surface area contributed by atoms with E-state index in [1.165, 1.54) is 47.4 Å². The number of anilines is 1. The molecule has 0 unspecified atom stereocenters. The highest BCUT2D eigenvalue weighted by atomic mass is 19.1. The van der Waals surface area contributed by atoms with Gasteiger partial charge in [-0.3, -0.25) is 29.4 Å². The molecule has 0 saturated carbocycles. The zero-order chi connectivity index (χ0) is 25.7. The number of amides is 3. The molecule has 0 bridgehead atoms. The summed E-state index contributed by atoms with van der Waals surface area (Å²) < 4.78 is 18.7. The van der Waals surface area contributed by atoms with Gasteiger partial charge in [-0.2, -0.15) is 0 Å². The quantitative estimate of drug-likeness (QED) is 0.177. The van der Waals surface area contributed by atoms with E-state index in [1.54, 1.807) is 24.3 Å². The molecule has 0 aromatic heterocycles. The number of nitro groups is 1. The van der Waals surface area contributed by atoms with Gasteiger partial charge in [0.1, 0.15) is 17.3 Å². The summed E-state index contributed by atoms with van der Waals surface area (Å²) in [6, 6.07) is 15.7. The lowest BCUT2D eigenvalue weighted by Crippen LogP contribution is -2.30. The topological polar surface area (TPSA) is 119 Å². The Morgan fingerprint density at radius 2 is 1.58 bits per heavy atom. The fourth-order valence-corrected chi connectivity index (χ4v) is 3.86. The van der Waals surface area contributed by atoms with Crippen LogP contribution in [-0.4, -0.2) is 34.1 Å².